The third-order valence-corrected chi connectivity index (χ3v) is 5.05. The van der Waals surface area contributed by atoms with E-state index in [9.17, 15) is 4.79 Å². The minimum Gasteiger partial charge on any atom is -0.486 e. The van der Waals surface area contributed by atoms with Gasteiger partial charge in [-0.25, -0.2) is 0 Å². The fraction of sp³-hybridized carbons (Fsp3) is 0.227. The number of amides is 1. The van der Waals surface area contributed by atoms with Crippen LogP contribution in [0.4, 0.5) is 11.4 Å². The third kappa shape index (κ3) is 5.28. The molecule has 0 spiro atoms. The molecule has 0 unspecified atom stereocenters. The molecule has 0 fully saturated rings. The molecule has 0 saturated carbocycles. The van der Waals surface area contributed by atoms with Crippen LogP contribution in [-0.4, -0.2) is 19.0 Å². The van der Waals surface area contributed by atoms with E-state index in [4.69, 9.17) is 9.15 Å². The van der Waals surface area contributed by atoms with Gasteiger partial charge in [0.25, 0.3) is 5.91 Å². The first-order valence-corrected chi connectivity index (χ1v) is 10.3. The maximum atomic E-state index is 12.4. The lowest BCUT2D eigenvalue weighted by Gasteiger charge is -2.21. The van der Waals surface area contributed by atoms with E-state index in [1.807, 2.05) is 48.5 Å². The molecule has 0 aliphatic carbocycles. The Hall–Kier alpha value is -2.48. The van der Waals surface area contributed by atoms with Crippen LogP contribution in [0.25, 0.3) is 0 Å². The van der Waals surface area contributed by atoms with Crippen LogP contribution in [0, 0.1) is 3.57 Å². The van der Waals surface area contributed by atoms with Crippen LogP contribution in [0.1, 0.15) is 30.2 Å². The summed E-state index contributed by atoms with van der Waals surface area (Å²) in [6, 6.07) is 19.0. The number of furan rings is 1. The van der Waals surface area contributed by atoms with Crippen molar-refractivity contribution in [3.8, 4) is 5.75 Å². The second-order valence-corrected chi connectivity index (χ2v) is 7.43. The van der Waals surface area contributed by atoms with Crippen LogP contribution < -0.4 is 15.0 Å². The van der Waals surface area contributed by atoms with Crippen molar-refractivity contribution < 1.29 is 13.9 Å². The lowest BCUT2D eigenvalue weighted by Crippen LogP contribution is -2.21. The van der Waals surface area contributed by atoms with E-state index in [-0.39, 0.29) is 18.3 Å². The number of carbonyl (C=O) groups is 1. The van der Waals surface area contributed by atoms with Gasteiger partial charge in [0.2, 0.25) is 0 Å². The summed E-state index contributed by atoms with van der Waals surface area (Å²) in [4.78, 5) is 14.7. The smallest absolute Gasteiger partial charge is 0.291 e. The Balaban J connectivity index is 1.57. The summed E-state index contributed by atoms with van der Waals surface area (Å²) in [5.41, 5.74) is 1.87. The summed E-state index contributed by atoms with van der Waals surface area (Å²) in [7, 11) is 0. The normalized spacial score (nSPS) is 10.5. The largest absolute Gasteiger partial charge is 0.486 e. The van der Waals surface area contributed by atoms with Crippen LogP contribution in [0.5, 0.6) is 5.75 Å². The molecule has 146 valence electrons. The lowest BCUT2D eigenvalue weighted by molar-refractivity contribution is 0.0992. The minimum atomic E-state index is -0.281. The molecule has 0 saturated heterocycles. The number of carbonyl (C=O) groups excluding carboxylic acids is 1. The van der Waals surface area contributed by atoms with E-state index in [1.165, 1.54) is 0 Å². The van der Waals surface area contributed by atoms with Crippen molar-refractivity contribution in [3.05, 3.63) is 75.8 Å². The van der Waals surface area contributed by atoms with Gasteiger partial charge in [-0.2, -0.15) is 0 Å². The summed E-state index contributed by atoms with van der Waals surface area (Å²) in [6.07, 6.45) is 0. The Kier molecular flexibility index (Phi) is 6.97. The molecule has 5 nitrogen and oxygen atoms in total. The number of nitrogens with one attached hydrogen (secondary N) is 1. The molecule has 0 atom stereocenters. The van der Waals surface area contributed by atoms with Gasteiger partial charge in [-0.3, -0.25) is 4.79 Å². The van der Waals surface area contributed by atoms with Gasteiger partial charge in [-0.1, -0.05) is 0 Å². The highest BCUT2D eigenvalue weighted by Gasteiger charge is 2.12. The molecule has 1 amide bonds. The average Bonchev–Trinajstić information content (AvgIpc) is 3.19. The Labute approximate surface area is 178 Å². The van der Waals surface area contributed by atoms with E-state index in [0.717, 1.165) is 33.8 Å². The standard InChI is InChI=1S/C22H23IN2O3/c1-3-25(4-2)18-9-7-17(8-10-18)24-22(26)21-14-13-20(28-21)15-27-19-11-5-16(23)6-12-19/h5-14H,3-4,15H2,1-2H3,(H,24,26). The van der Waals surface area contributed by atoms with E-state index >= 15 is 0 Å². The molecule has 1 aromatic heterocycles. The second kappa shape index (κ2) is 9.64. The van der Waals surface area contributed by atoms with Gasteiger partial charge >= 0.3 is 0 Å². The maximum absolute atomic E-state index is 12.4. The number of ether oxygens (including phenoxy) is 1. The van der Waals surface area contributed by atoms with Crippen LogP contribution in [0.15, 0.2) is 65.1 Å². The van der Waals surface area contributed by atoms with Crippen LogP contribution in [0.3, 0.4) is 0 Å². The fourth-order valence-corrected chi connectivity index (χ4v) is 3.16. The monoisotopic (exact) mass is 490 g/mol. The molecule has 0 aliphatic heterocycles. The van der Waals surface area contributed by atoms with Crippen molar-refractivity contribution in [2.45, 2.75) is 20.5 Å². The summed E-state index contributed by atoms with van der Waals surface area (Å²) < 4.78 is 12.4. The molecular weight excluding hydrogens is 467 g/mol. The first kappa shape index (κ1) is 20.3. The van der Waals surface area contributed by atoms with Crippen molar-refractivity contribution >= 4 is 39.9 Å². The topological polar surface area (TPSA) is 54.7 Å². The zero-order valence-electron chi connectivity index (χ0n) is 15.9. The average molecular weight is 490 g/mol. The highest BCUT2D eigenvalue weighted by atomic mass is 127. The molecule has 3 aromatic rings. The quantitative estimate of drug-likeness (QED) is 0.420. The van der Waals surface area contributed by atoms with E-state index in [2.05, 4.69) is 46.7 Å². The number of anilines is 2. The molecule has 0 bridgehead atoms. The van der Waals surface area contributed by atoms with E-state index < -0.39 is 0 Å². The van der Waals surface area contributed by atoms with Crippen molar-refractivity contribution in [2.24, 2.45) is 0 Å². The predicted molar refractivity (Wildman–Crippen MR) is 120 cm³/mol. The van der Waals surface area contributed by atoms with Crippen molar-refractivity contribution in [1.82, 2.24) is 0 Å². The molecule has 1 heterocycles. The first-order chi connectivity index (χ1) is 13.6. The number of hydrogen-bond acceptors (Lipinski definition) is 4. The summed E-state index contributed by atoms with van der Waals surface area (Å²) in [5, 5.41) is 2.86. The SMILES string of the molecule is CCN(CC)c1ccc(NC(=O)c2ccc(COc3ccc(I)cc3)o2)cc1. The summed E-state index contributed by atoms with van der Waals surface area (Å²) in [5.74, 6) is 1.34. The van der Waals surface area contributed by atoms with Gasteiger partial charge in [-0.05, 0) is 97.1 Å². The second-order valence-electron chi connectivity index (χ2n) is 6.18. The van der Waals surface area contributed by atoms with Gasteiger partial charge in [0.15, 0.2) is 5.76 Å². The van der Waals surface area contributed by atoms with Gasteiger partial charge in [0.1, 0.15) is 18.1 Å². The van der Waals surface area contributed by atoms with Gasteiger partial charge in [0, 0.05) is 28.0 Å². The molecule has 0 aliphatic rings. The van der Waals surface area contributed by atoms with Crippen LogP contribution >= 0.6 is 22.6 Å². The maximum Gasteiger partial charge on any atom is 0.291 e. The van der Waals surface area contributed by atoms with Gasteiger partial charge in [-0.15, -0.1) is 0 Å². The Bertz CT molecular complexity index is 900. The van der Waals surface area contributed by atoms with Gasteiger partial charge in [0.05, 0.1) is 0 Å². The van der Waals surface area contributed by atoms with Crippen molar-refractivity contribution in [1.29, 1.82) is 0 Å². The number of hydrogen-bond donors (Lipinski definition) is 1. The summed E-state index contributed by atoms with van der Waals surface area (Å²) >= 11 is 2.24. The number of benzene rings is 2. The summed E-state index contributed by atoms with van der Waals surface area (Å²) in [6.45, 7) is 6.40. The molecule has 28 heavy (non-hydrogen) atoms. The lowest BCUT2D eigenvalue weighted by atomic mass is 10.2. The first-order valence-electron chi connectivity index (χ1n) is 9.22. The molecular formula is C22H23IN2O3. The van der Waals surface area contributed by atoms with E-state index in [1.54, 1.807) is 12.1 Å². The Morgan fingerprint density at radius 2 is 1.68 bits per heavy atom. The Morgan fingerprint density at radius 1 is 1.00 bits per heavy atom. The molecule has 6 heteroatoms. The number of nitrogens with zero attached hydrogens (tertiary/aromatic N) is 1. The minimum absolute atomic E-state index is 0.258. The van der Waals surface area contributed by atoms with Crippen molar-refractivity contribution in [3.63, 3.8) is 0 Å². The zero-order chi connectivity index (χ0) is 19.9. The Morgan fingerprint density at radius 3 is 2.32 bits per heavy atom. The van der Waals surface area contributed by atoms with Crippen LogP contribution in [-0.2, 0) is 6.61 Å². The number of halogens is 1. The fourth-order valence-electron chi connectivity index (χ4n) is 2.80. The van der Waals surface area contributed by atoms with Crippen LogP contribution in [0.2, 0.25) is 0 Å². The van der Waals surface area contributed by atoms with Crippen molar-refractivity contribution in [2.75, 3.05) is 23.3 Å². The molecule has 0 radical (unpaired) electrons. The zero-order valence-corrected chi connectivity index (χ0v) is 18.1. The number of rotatable bonds is 8. The molecule has 3 rings (SSSR count). The molecule has 2 aromatic carbocycles. The highest BCUT2D eigenvalue weighted by molar-refractivity contribution is 14.1. The van der Waals surface area contributed by atoms with E-state index in [0.29, 0.717) is 5.76 Å². The third-order valence-electron chi connectivity index (χ3n) is 4.33. The predicted octanol–water partition coefficient (Wildman–Crippen LogP) is 5.56. The molecule has 1 N–H and O–H groups in total. The highest BCUT2D eigenvalue weighted by Crippen LogP contribution is 2.20. The van der Waals surface area contributed by atoms with Gasteiger partial charge < -0.3 is 19.4 Å².